The lowest BCUT2D eigenvalue weighted by Crippen LogP contribution is -2.39. The fraction of sp³-hybridized carbons (Fsp3) is 0.917. The molecule has 1 N–H and O–H groups in total. The SMILES string of the molecule is CCOC(=O)C[C@H]1N[C@H](C)[C@H]2OC(C)(C)O[C@H]21. The number of nitrogens with one attached hydrogen (secondary N) is 1. The van der Waals surface area contributed by atoms with Crippen LogP contribution in [0.1, 0.15) is 34.1 Å². The highest BCUT2D eigenvalue weighted by atomic mass is 16.8. The summed E-state index contributed by atoms with van der Waals surface area (Å²) >= 11 is 0. The fourth-order valence-electron chi connectivity index (χ4n) is 2.62. The van der Waals surface area contributed by atoms with Gasteiger partial charge in [-0.25, -0.2) is 0 Å². The standard InChI is InChI=1S/C12H21NO4/c1-5-15-9(14)6-8-11-10(7(2)13-8)16-12(3,4)17-11/h7-8,10-11,13H,5-6H2,1-4H3/t7-,8-,10-,11+/m1/s1. The van der Waals surface area contributed by atoms with Gasteiger partial charge in [-0.15, -0.1) is 0 Å². The van der Waals surface area contributed by atoms with Crippen LogP contribution in [0.2, 0.25) is 0 Å². The van der Waals surface area contributed by atoms with E-state index in [0.29, 0.717) is 13.0 Å². The zero-order valence-corrected chi connectivity index (χ0v) is 10.9. The molecule has 5 heteroatoms. The van der Waals surface area contributed by atoms with E-state index >= 15 is 0 Å². The highest BCUT2D eigenvalue weighted by molar-refractivity contribution is 5.70. The van der Waals surface area contributed by atoms with Crippen molar-refractivity contribution in [1.29, 1.82) is 0 Å². The Morgan fingerprint density at radius 2 is 2.00 bits per heavy atom. The van der Waals surface area contributed by atoms with Crippen molar-refractivity contribution >= 4 is 5.97 Å². The average molecular weight is 243 g/mol. The molecule has 0 aromatic heterocycles. The minimum Gasteiger partial charge on any atom is -0.466 e. The second-order valence-corrected chi connectivity index (χ2v) is 5.14. The fourth-order valence-corrected chi connectivity index (χ4v) is 2.62. The third-order valence-electron chi connectivity index (χ3n) is 3.22. The maximum atomic E-state index is 11.5. The molecule has 0 aliphatic carbocycles. The van der Waals surface area contributed by atoms with Crippen LogP contribution in [0.25, 0.3) is 0 Å². The normalized spacial score (nSPS) is 39.1. The number of esters is 1. The van der Waals surface area contributed by atoms with Gasteiger partial charge in [0.25, 0.3) is 0 Å². The smallest absolute Gasteiger partial charge is 0.307 e. The minimum absolute atomic E-state index is 0.0178. The van der Waals surface area contributed by atoms with Crippen LogP contribution in [0.4, 0.5) is 0 Å². The second-order valence-electron chi connectivity index (χ2n) is 5.14. The Bertz CT molecular complexity index is 305. The summed E-state index contributed by atoms with van der Waals surface area (Å²) in [7, 11) is 0. The van der Waals surface area contributed by atoms with Gasteiger partial charge in [0.2, 0.25) is 0 Å². The lowest BCUT2D eigenvalue weighted by Gasteiger charge is -2.23. The second kappa shape index (κ2) is 4.55. The zero-order chi connectivity index (χ0) is 12.6. The molecule has 17 heavy (non-hydrogen) atoms. The van der Waals surface area contributed by atoms with Crippen LogP contribution in [0.5, 0.6) is 0 Å². The molecule has 2 heterocycles. The Labute approximate surface area is 102 Å². The summed E-state index contributed by atoms with van der Waals surface area (Å²) in [6, 6.07) is 0.178. The molecule has 2 aliphatic rings. The predicted molar refractivity (Wildman–Crippen MR) is 61.5 cm³/mol. The number of hydrogen-bond donors (Lipinski definition) is 1. The van der Waals surface area contributed by atoms with E-state index in [1.807, 2.05) is 27.7 Å². The molecule has 0 aromatic rings. The van der Waals surface area contributed by atoms with Crippen LogP contribution in [-0.4, -0.2) is 42.7 Å². The van der Waals surface area contributed by atoms with Crippen molar-refractivity contribution in [2.45, 2.75) is 64.2 Å². The first-order valence-electron chi connectivity index (χ1n) is 6.20. The van der Waals surface area contributed by atoms with Gasteiger partial charge in [-0.2, -0.15) is 0 Å². The number of hydrogen-bond acceptors (Lipinski definition) is 5. The molecular weight excluding hydrogens is 222 g/mol. The third-order valence-corrected chi connectivity index (χ3v) is 3.22. The summed E-state index contributed by atoms with van der Waals surface area (Å²) in [6.07, 6.45) is 0.285. The number of rotatable bonds is 3. The molecule has 2 aliphatic heterocycles. The maximum Gasteiger partial charge on any atom is 0.307 e. The van der Waals surface area contributed by atoms with E-state index in [2.05, 4.69) is 5.32 Å². The molecule has 2 saturated heterocycles. The lowest BCUT2D eigenvalue weighted by atomic mass is 10.1. The van der Waals surface area contributed by atoms with Gasteiger partial charge in [0.05, 0.1) is 13.0 Å². The highest BCUT2D eigenvalue weighted by Gasteiger charge is 2.52. The van der Waals surface area contributed by atoms with Crippen molar-refractivity contribution in [3.8, 4) is 0 Å². The molecule has 2 rings (SSSR count). The molecule has 98 valence electrons. The molecule has 0 amide bonds. The molecule has 0 bridgehead atoms. The van der Waals surface area contributed by atoms with Crippen molar-refractivity contribution in [3.05, 3.63) is 0 Å². The van der Waals surface area contributed by atoms with E-state index in [1.54, 1.807) is 0 Å². The van der Waals surface area contributed by atoms with E-state index < -0.39 is 5.79 Å². The topological polar surface area (TPSA) is 56.8 Å². The lowest BCUT2D eigenvalue weighted by molar-refractivity contribution is -0.159. The molecule has 5 nitrogen and oxygen atoms in total. The van der Waals surface area contributed by atoms with Crippen LogP contribution in [0.15, 0.2) is 0 Å². The van der Waals surface area contributed by atoms with Crippen molar-refractivity contribution < 1.29 is 19.0 Å². The summed E-state index contributed by atoms with van der Waals surface area (Å²) < 4.78 is 16.6. The Balaban J connectivity index is 1.99. The molecular formula is C12H21NO4. The van der Waals surface area contributed by atoms with Crippen LogP contribution in [0.3, 0.4) is 0 Å². The molecule has 0 aromatic carbocycles. The number of fused-ring (bicyclic) bond motifs is 1. The van der Waals surface area contributed by atoms with Gasteiger partial charge in [0, 0.05) is 12.1 Å². The third kappa shape index (κ3) is 2.61. The van der Waals surface area contributed by atoms with Gasteiger partial charge in [-0.3, -0.25) is 4.79 Å². The van der Waals surface area contributed by atoms with Crippen molar-refractivity contribution in [1.82, 2.24) is 5.32 Å². The Kier molecular flexibility index (Phi) is 3.43. The first-order valence-corrected chi connectivity index (χ1v) is 6.20. The van der Waals surface area contributed by atoms with E-state index in [4.69, 9.17) is 14.2 Å². The zero-order valence-electron chi connectivity index (χ0n) is 10.9. The van der Waals surface area contributed by atoms with Gasteiger partial charge in [-0.05, 0) is 27.7 Å². The number of ether oxygens (including phenoxy) is 3. The van der Waals surface area contributed by atoms with E-state index in [0.717, 1.165) is 0 Å². The number of carbonyl (C=O) groups is 1. The van der Waals surface area contributed by atoms with Crippen LogP contribution < -0.4 is 5.32 Å². The van der Waals surface area contributed by atoms with Gasteiger partial charge in [-0.1, -0.05) is 0 Å². The van der Waals surface area contributed by atoms with E-state index in [9.17, 15) is 4.79 Å². The predicted octanol–water partition coefficient (Wildman–Crippen LogP) is 0.820. The van der Waals surface area contributed by atoms with Crippen molar-refractivity contribution in [2.24, 2.45) is 0 Å². The van der Waals surface area contributed by atoms with Crippen LogP contribution in [0, 0.1) is 0 Å². The van der Waals surface area contributed by atoms with Gasteiger partial charge >= 0.3 is 5.97 Å². The highest BCUT2D eigenvalue weighted by Crippen LogP contribution is 2.36. The summed E-state index contributed by atoms with van der Waals surface area (Å²) in [5, 5.41) is 3.33. The molecule has 0 saturated carbocycles. The first-order chi connectivity index (χ1) is 7.93. The Morgan fingerprint density at radius 1 is 1.35 bits per heavy atom. The summed E-state index contributed by atoms with van der Waals surface area (Å²) in [5.41, 5.74) is 0. The van der Waals surface area contributed by atoms with Gasteiger partial charge < -0.3 is 19.5 Å². The quantitative estimate of drug-likeness (QED) is 0.744. The van der Waals surface area contributed by atoms with Crippen molar-refractivity contribution in [2.75, 3.05) is 6.61 Å². The largest absolute Gasteiger partial charge is 0.466 e. The number of carbonyl (C=O) groups excluding carboxylic acids is 1. The molecule has 0 radical (unpaired) electrons. The van der Waals surface area contributed by atoms with Crippen molar-refractivity contribution in [3.63, 3.8) is 0 Å². The summed E-state index contributed by atoms with van der Waals surface area (Å²) in [4.78, 5) is 11.5. The van der Waals surface area contributed by atoms with Crippen LogP contribution >= 0.6 is 0 Å². The summed E-state index contributed by atoms with van der Waals surface area (Å²) in [5.74, 6) is -0.746. The monoisotopic (exact) mass is 243 g/mol. The van der Waals surface area contributed by atoms with Gasteiger partial charge in [0.15, 0.2) is 5.79 Å². The molecule has 0 spiro atoms. The first kappa shape index (κ1) is 12.8. The molecule has 0 unspecified atom stereocenters. The Morgan fingerprint density at radius 3 is 2.65 bits per heavy atom. The average Bonchev–Trinajstić information content (AvgIpc) is 2.65. The summed E-state index contributed by atoms with van der Waals surface area (Å²) in [6.45, 7) is 8.08. The Hall–Kier alpha value is -0.650. The maximum absolute atomic E-state index is 11.5. The van der Waals surface area contributed by atoms with E-state index in [1.165, 1.54) is 0 Å². The minimum atomic E-state index is -0.557. The van der Waals surface area contributed by atoms with E-state index in [-0.39, 0.29) is 30.3 Å². The molecule has 2 fully saturated rings. The molecule has 4 atom stereocenters. The van der Waals surface area contributed by atoms with Crippen LogP contribution in [-0.2, 0) is 19.0 Å². The van der Waals surface area contributed by atoms with Gasteiger partial charge in [0.1, 0.15) is 12.2 Å².